The van der Waals surface area contributed by atoms with Crippen LogP contribution in [0.5, 0.6) is 5.75 Å². The van der Waals surface area contributed by atoms with E-state index in [1.165, 1.54) is 17.0 Å². The van der Waals surface area contributed by atoms with Gasteiger partial charge in [0, 0.05) is 13.1 Å². The third kappa shape index (κ3) is 7.63. The van der Waals surface area contributed by atoms with Crippen molar-refractivity contribution in [2.75, 3.05) is 24.5 Å². The maximum Gasteiger partial charge on any atom is 0.264 e. The van der Waals surface area contributed by atoms with Crippen LogP contribution in [0.3, 0.4) is 0 Å². The van der Waals surface area contributed by atoms with Crippen LogP contribution in [0, 0.1) is 0 Å². The van der Waals surface area contributed by atoms with Gasteiger partial charge in [-0.1, -0.05) is 68.8 Å². The largest absolute Gasteiger partial charge is 0.497 e. The van der Waals surface area contributed by atoms with Crippen LogP contribution >= 0.6 is 0 Å². The zero-order valence-electron chi connectivity index (χ0n) is 23.7. The van der Waals surface area contributed by atoms with Crippen molar-refractivity contribution in [3.63, 3.8) is 0 Å². The average molecular weight is 566 g/mol. The van der Waals surface area contributed by atoms with Gasteiger partial charge in [0.15, 0.2) is 0 Å². The lowest BCUT2D eigenvalue weighted by Gasteiger charge is -2.32. The van der Waals surface area contributed by atoms with Crippen LogP contribution in [0.2, 0.25) is 0 Å². The first-order valence-electron chi connectivity index (χ1n) is 13.6. The number of anilines is 1. The van der Waals surface area contributed by atoms with Crippen molar-refractivity contribution < 1.29 is 22.7 Å². The third-order valence-corrected chi connectivity index (χ3v) is 8.53. The number of para-hydroxylation sites is 1. The van der Waals surface area contributed by atoms with Gasteiger partial charge in [0.1, 0.15) is 18.3 Å². The lowest BCUT2D eigenvalue weighted by atomic mass is 10.1. The molecule has 3 aromatic rings. The Hall–Kier alpha value is -3.85. The molecule has 0 unspecified atom stereocenters. The fourth-order valence-corrected chi connectivity index (χ4v) is 5.81. The quantitative estimate of drug-likeness (QED) is 0.284. The number of carbonyl (C=O) groups excluding carboxylic acids is 2. The second kappa shape index (κ2) is 14.5. The molecule has 3 aromatic carbocycles. The Labute approximate surface area is 238 Å². The Balaban J connectivity index is 2.01. The molecule has 0 aliphatic heterocycles. The molecular formula is C31H39N3O5S. The van der Waals surface area contributed by atoms with Crippen molar-refractivity contribution in [3.05, 3.63) is 90.0 Å². The SMILES string of the molecule is CCCCNC(=O)[C@H](C)N(Cc1ccc(OC)cc1)C(=O)CN(c1ccccc1CC)S(=O)(=O)c1ccccc1. The number of benzene rings is 3. The topological polar surface area (TPSA) is 96.0 Å². The molecule has 0 fully saturated rings. The van der Waals surface area contributed by atoms with Gasteiger partial charge in [0.25, 0.3) is 10.0 Å². The second-order valence-corrected chi connectivity index (χ2v) is 11.4. The van der Waals surface area contributed by atoms with Gasteiger partial charge in [0.05, 0.1) is 17.7 Å². The van der Waals surface area contributed by atoms with Crippen molar-refractivity contribution in [2.45, 2.75) is 57.5 Å². The van der Waals surface area contributed by atoms with E-state index in [1.54, 1.807) is 56.5 Å². The molecule has 1 atom stereocenters. The van der Waals surface area contributed by atoms with Crippen molar-refractivity contribution in [2.24, 2.45) is 0 Å². The minimum atomic E-state index is -4.09. The number of hydrogen-bond donors (Lipinski definition) is 1. The third-order valence-electron chi connectivity index (χ3n) is 6.76. The van der Waals surface area contributed by atoms with Crippen molar-refractivity contribution in [1.29, 1.82) is 0 Å². The number of carbonyl (C=O) groups is 2. The summed E-state index contributed by atoms with van der Waals surface area (Å²) >= 11 is 0. The van der Waals surface area contributed by atoms with Crippen LogP contribution in [-0.4, -0.2) is 51.4 Å². The number of methoxy groups -OCH3 is 1. The minimum Gasteiger partial charge on any atom is -0.497 e. The first kappa shape index (κ1) is 30.7. The summed E-state index contributed by atoms with van der Waals surface area (Å²) < 4.78 is 34.3. The van der Waals surface area contributed by atoms with Crippen LogP contribution in [0.4, 0.5) is 5.69 Å². The number of nitrogens with one attached hydrogen (secondary N) is 1. The lowest BCUT2D eigenvalue weighted by Crippen LogP contribution is -2.51. The number of hydrogen-bond acceptors (Lipinski definition) is 5. The van der Waals surface area contributed by atoms with Gasteiger partial charge >= 0.3 is 0 Å². The van der Waals surface area contributed by atoms with Crippen LogP contribution in [-0.2, 0) is 32.6 Å². The molecule has 0 aliphatic carbocycles. The van der Waals surface area contributed by atoms with E-state index in [9.17, 15) is 18.0 Å². The second-order valence-electron chi connectivity index (χ2n) is 9.50. The van der Waals surface area contributed by atoms with E-state index < -0.39 is 28.5 Å². The number of rotatable bonds is 14. The molecule has 214 valence electrons. The van der Waals surface area contributed by atoms with E-state index >= 15 is 0 Å². The molecule has 0 heterocycles. The summed E-state index contributed by atoms with van der Waals surface area (Å²) in [4.78, 5) is 28.6. The van der Waals surface area contributed by atoms with E-state index in [4.69, 9.17) is 4.74 Å². The first-order chi connectivity index (χ1) is 19.2. The molecule has 0 saturated carbocycles. The highest BCUT2D eigenvalue weighted by Gasteiger charge is 2.33. The highest BCUT2D eigenvalue weighted by atomic mass is 32.2. The summed E-state index contributed by atoms with van der Waals surface area (Å²) in [7, 11) is -2.52. The van der Waals surface area contributed by atoms with E-state index in [2.05, 4.69) is 5.32 Å². The molecular weight excluding hydrogens is 526 g/mol. The van der Waals surface area contributed by atoms with Gasteiger partial charge in [-0.3, -0.25) is 13.9 Å². The number of aryl methyl sites for hydroxylation is 1. The molecule has 8 nitrogen and oxygen atoms in total. The summed E-state index contributed by atoms with van der Waals surface area (Å²) in [6.07, 6.45) is 2.32. The normalized spacial score (nSPS) is 11.9. The molecule has 0 saturated heterocycles. The van der Waals surface area contributed by atoms with Crippen molar-refractivity contribution in [1.82, 2.24) is 10.2 Å². The Bertz CT molecular complexity index is 1360. The van der Waals surface area contributed by atoms with E-state index in [0.717, 1.165) is 28.3 Å². The maximum atomic E-state index is 14.0. The van der Waals surface area contributed by atoms with Crippen LogP contribution in [0.15, 0.2) is 83.8 Å². The molecule has 40 heavy (non-hydrogen) atoms. The highest BCUT2D eigenvalue weighted by molar-refractivity contribution is 7.92. The standard InChI is InChI=1S/C31H39N3O5S/c1-5-7-21-32-31(36)24(3)33(22-25-17-19-27(39-4)20-18-25)30(35)23-34(29-16-12-11-13-26(29)6-2)40(37,38)28-14-9-8-10-15-28/h8-20,24H,5-7,21-23H2,1-4H3,(H,32,36)/t24-/m0/s1. The fraction of sp³-hybridized carbons (Fsp3) is 0.355. The Morgan fingerprint density at radius 1 is 0.925 bits per heavy atom. The number of ether oxygens (including phenoxy) is 1. The lowest BCUT2D eigenvalue weighted by molar-refractivity contribution is -0.139. The highest BCUT2D eigenvalue weighted by Crippen LogP contribution is 2.28. The van der Waals surface area contributed by atoms with Gasteiger partial charge in [-0.2, -0.15) is 0 Å². The monoisotopic (exact) mass is 565 g/mol. The number of nitrogens with zero attached hydrogens (tertiary/aromatic N) is 2. The van der Waals surface area contributed by atoms with Crippen LogP contribution in [0.25, 0.3) is 0 Å². The first-order valence-corrected chi connectivity index (χ1v) is 15.0. The zero-order chi connectivity index (χ0) is 29.1. The molecule has 0 aliphatic rings. The Kier molecular flexibility index (Phi) is 11.1. The van der Waals surface area contributed by atoms with E-state index in [-0.39, 0.29) is 17.3 Å². The van der Waals surface area contributed by atoms with Gasteiger partial charge in [0.2, 0.25) is 11.8 Å². The molecule has 0 radical (unpaired) electrons. The zero-order valence-corrected chi connectivity index (χ0v) is 24.5. The van der Waals surface area contributed by atoms with Crippen LogP contribution < -0.4 is 14.4 Å². The summed E-state index contributed by atoms with van der Waals surface area (Å²) in [6, 6.07) is 21.6. The van der Waals surface area contributed by atoms with E-state index in [0.29, 0.717) is 24.4 Å². The number of sulfonamides is 1. The van der Waals surface area contributed by atoms with Gasteiger partial charge in [-0.15, -0.1) is 0 Å². The summed E-state index contributed by atoms with van der Waals surface area (Å²) in [6.45, 7) is 5.80. The maximum absolute atomic E-state index is 14.0. The predicted octanol–water partition coefficient (Wildman–Crippen LogP) is 4.79. The van der Waals surface area contributed by atoms with Crippen molar-refractivity contribution in [3.8, 4) is 5.75 Å². The molecule has 0 bridgehead atoms. The molecule has 0 spiro atoms. The van der Waals surface area contributed by atoms with Gasteiger partial charge in [-0.05, 0) is 61.2 Å². The Morgan fingerprint density at radius 3 is 2.20 bits per heavy atom. The number of unbranched alkanes of at least 4 members (excludes halogenated alkanes) is 1. The van der Waals surface area contributed by atoms with Gasteiger partial charge in [-0.25, -0.2) is 8.42 Å². The van der Waals surface area contributed by atoms with Crippen molar-refractivity contribution >= 4 is 27.5 Å². The summed E-state index contributed by atoms with van der Waals surface area (Å²) in [5.74, 6) is -0.107. The predicted molar refractivity (Wildman–Crippen MR) is 158 cm³/mol. The average Bonchev–Trinajstić information content (AvgIpc) is 2.98. The Morgan fingerprint density at radius 2 is 1.57 bits per heavy atom. The smallest absolute Gasteiger partial charge is 0.264 e. The molecule has 1 N–H and O–H groups in total. The minimum absolute atomic E-state index is 0.0840. The summed E-state index contributed by atoms with van der Waals surface area (Å²) in [5.41, 5.74) is 2.02. The summed E-state index contributed by atoms with van der Waals surface area (Å²) in [5, 5.41) is 2.90. The van der Waals surface area contributed by atoms with E-state index in [1.807, 2.05) is 38.1 Å². The van der Waals surface area contributed by atoms with Gasteiger partial charge < -0.3 is 15.0 Å². The molecule has 2 amide bonds. The molecule has 3 rings (SSSR count). The fourth-order valence-electron chi connectivity index (χ4n) is 4.33. The number of amides is 2. The van der Waals surface area contributed by atoms with Crippen LogP contribution in [0.1, 0.15) is 44.7 Å². The molecule has 9 heteroatoms. The molecule has 0 aromatic heterocycles.